The fourth-order valence-electron chi connectivity index (χ4n) is 4.23. The first-order valence-electron chi connectivity index (χ1n) is 12.3. The summed E-state index contributed by atoms with van der Waals surface area (Å²) in [5, 5.41) is 4.65. The topological polar surface area (TPSA) is 69.0 Å². The van der Waals surface area contributed by atoms with Gasteiger partial charge in [-0.3, -0.25) is 9.78 Å². The van der Waals surface area contributed by atoms with Crippen molar-refractivity contribution in [2.75, 3.05) is 13.7 Å². The number of pyridine rings is 1. The summed E-state index contributed by atoms with van der Waals surface area (Å²) in [7, 11) is 1.66. The van der Waals surface area contributed by atoms with E-state index >= 15 is 0 Å². The molecule has 0 aliphatic rings. The minimum Gasteiger partial charge on any atom is -0.496 e. The summed E-state index contributed by atoms with van der Waals surface area (Å²) in [5.41, 5.74) is 5.69. The van der Waals surface area contributed by atoms with Crippen LogP contribution >= 0.6 is 23.4 Å². The molecule has 0 radical (unpaired) electrons. The van der Waals surface area contributed by atoms with Gasteiger partial charge < -0.3 is 14.6 Å². The molecule has 0 aliphatic carbocycles. The lowest BCUT2D eigenvalue weighted by Gasteiger charge is -2.11. The van der Waals surface area contributed by atoms with Gasteiger partial charge >= 0.3 is 0 Å². The average Bonchev–Trinajstić information content (AvgIpc) is 3.30. The molecule has 192 valence electrons. The second-order valence-electron chi connectivity index (χ2n) is 8.74. The van der Waals surface area contributed by atoms with Crippen molar-refractivity contribution >= 4 is 40.3 Å². The molecular weight excluding hydrogens is 516 g/mol. The molecule has 0 saturated carbocycles. The zero-order valence-corrected chi connectivity index (χ0v) is 22.5. The van der Waals surface area contributed by atoms with Crippen molar-refractivity contribution in [1.29, 1.82) is 0 Å². The van der Waals surface area contributed by atoms with E-state index in [1.165, 1.54) is 0 Å². The van der Waals surface area contributed by atoms with Gasteiger partial charge in [-0.1, -0.05) is 71.9 Å². The van der Waals surface area contributed by atoms with Crippen LogP contribution in [-0.2, 0) is 18.7 Å². The summed E-state index contributed by atoms with van der Waals surface area (Å²) in [6.07, 6.45) is 4.29. The van der Waals surface area contributed by atoms with E-state index in [0.717, 1.165) is 43.7 Å². The Morgan fingerprint density at radius 3 is 2.55 bits per heavy atom. The van der Waals surface area contributed by atoms with E-state index < -0.39 is 0 Å². The van der Waals surface area contributed by atoms with Gasteiger partial charge in [-0.15, -0.1) is 0 Å². The highest BCUT2D eigenvalue weighted by Gasteiger charge is 2.14. The van der Waals surface area contributed by atoms with E-state index in [2.05, 4.69) is 14.9 Å². The highest BCUT2D eigenvalue weighted by molar-refractivity contribution is 7.98. The predicted molar refractivity (Wildman–Crippen MR) is 153 cm³/mol. The molecule has 1 amide bonds. The summed E-state index contributed by atoms with van der Waals surface area (Å²) < 4.78 is 7.55. The third kappa shape index (κ3) is 6.01. The molecular formula is C30H27ClN4O2S. The van der Waals surface area contributed by atoms with Crippen LogP contribution in [0.3, 0.4) is 0 Å². The molecule has 2 heterocycles. The molecule has 0 aliphatic heterocycles. The highest BCUT2D eigenvalue weighted by Crippen LogP contribution is 2.29. The molecule has 2 aromatic heterocycles. The zero-order valence-electron chi connectivity index (χ0n) is 20.9. The number of fused-ring (bicyclic) bond motifs is 1. The minimum atomic E-state index is -0.0975. The van der Waals surface area contributed by atoms with Crippen LogP contribution in [0.4, 0.5) is 0 Å². The number of halogens is 1. The van der Waals surface area contributed by atoms with Crippen LogP contribution in [0.2, 0.25) is 5.02 Å². The first kappa shape index (κ1) is 25.8. The summed E-state index contributed by atoms with van der Waals surface area (Å²) >= 11 is 8.01. The molecule has 8 heteroatoms. The number of hydrogen-bond acceptors (Lipinski definition) is 5. The van der Waals surface area contributed by atoms with Crippen LogP contribution < -0.4 is 10.1 Å². The number of methoxy groups -OCH3 is 1. The molecule has 1 N–H and O–H groups in total. The normalized spacial score (nSPS) is 11.0. The fourth-order valence-corrected chi connectivity index (χ4v) is 5.53. The lowest BCUT2D eigenvalue weighted by atomic mass is 10.1. The number of rotatable bonds is 10. The van der Waals surface area contributed by atoms with E-state index in [4.69, 9.17) is 21.3 Å². The van der Waals surface area contributed by atoms with Gasteiger partial charge in [0.2, 0.25) is 0 Å². The number of amides is 1. The van der Waals surface area contributed by atoms with Gasteiger partial charge in [0.15, 0.2) is 5.16 Å². The Labute approximate surface area is 231 Å². The quantitative estimate of drug-likeness (QED) is 0.207. The number of aromatic nitrogens is 3. The Bertz CT molecular complexity index is 1550. The second kappa shape index (κ2) is 12.2. The van der Waals surface area contributed by atoms with E-state index in [1.54, 1.807) is 25.1 Å². The maximum absolute atomic E-state index is 12.7. The van der Waals surface area contributed by atoms with E-state index in [1.807, 2.05) is 85.1 Å². The maximum atomic E-state index is 12.7. The number of thioether (sulfide) groups is 1. The van der Waals surface area contributed by atoms with Crippen LogP contribution in [0, 0.1) is 0 Å². The average molecular weight is 543 g/mol. The molecule has 0 fully saturated rings. The number of para-hydroxylation sites is 1. The molecule has 5 aromatic rings. The lowest BCUT2D eigenvalue weighted by molar-refractivity contribution is 0.0954. The summed E-state index contributed by atoms with van der Waals surface area (Å²) in [5.74, 6) is 1.45. The summed E-state index contributed by atoms with van der Waals surface area (Å²) in [4.78, 5) is 21.9. The number of ether oxygens (including phenoxy) is 1. The van der Waals surface area contributed by atoms with Gasteiger partial charge in [-0.25, -0.2) is 4.98 Å². The van der Waals surface area contributed by atoms with Crippen LogP contribution in [0.15, 0.2) is 96.4 Å². The highest BCUT2D eigenvalue weighted by atomic mass is 35.5. The van der Waals surface area contributed by atoms with Gasteiger partial charge in [0.1, 0.15) is 5.75 Å². The Kier molecular flexibility index (Phi) is 8.26. The molecule has 3 aromatic carbocycles. The van der Waals surface area contributed by atoms with Crippen LogP contribution in [0.25, 0.3) is 11.0 Å². The summed E-state index contributed by atoms with van der Waals surface area (Å²) in [6, 6.07) is 25.3. The van der Waals surface area contributed by atoms with Gasteiger partial charge in [0, 0.05) is 29.1 Å². The van der Waals surface area contributed by atoms with Gasteiger partial charge in [0.05, 0.1) is 30.9 Å². The van der Waals surface area contributed by atoms with Crippen LogP contribution in [0.5, 0.6) is 5.75 Å². The molecule has 5 rings (SSSR count). The summed E-state index contributed by atoms with van der Waals surface area (Å²) in [6.45, 7) is 1.14. The molecule has 0 bridgehead atoms. The van der Waals surface area contributed by atoms with Crippen molar-refractivity contribution in [3.63, 3.8) is 0 Å². The smallest absolute Gasteiger partial charge is 0.251 e. The van der Waals surface area contributed by atoms with Crippen molar-refractivity contribution in [3.8, 4) is 5.75 Å². The number of hydrogen-bond donors (Lipinski definition) is 1. The third-order valence-corrected chi connectivity index (χ3v) is 7.65. The Morgan fingerprint density at radius 2 is 1.76 bits per heavy atom. The maximum Gasteiger partial charge on any atom is 0.251 e. The first-order chi connectivity index (χ1) is 18.6. The van der Waals surface area contributed by atoms with Crippen molar-refractivity contribution in [2.45, 2.75) is 23.9 Å². The number of imidazole rings is 1. The van der Waals surface area contributed by atoms with Crippen molar-refractivity contribution in [3.05, 3.63) is 119 Å². The number of nitrogens with zero attached hydrogens (tertiary/aromatic N) is 3. The fraction of sp³-hybridized carbons (Fsp3) is 0.167. The first-order valence-corrected chi connectivity index (χ1v) is 13.6. The monoisotopic (exact) mass is 542 g/mol. The number of nitrogens with one attached hydrogen (secondary N) is 1. The molecule has 0 saturated heterocycles. The minimum absolute atomic E-state index is 0.0975. The number of carbonyl (C=O) groups is 1. The predicted octanol–water partition coefficient (Wildman–Crippen LogP) is 6.41. The van der Waals surface area contributed by atoms with Crippen molar-refractivity contribution in [1.82, 2.24) is 19.9 Å². The van der Waals surface area contributed by atoms with E-state index in [0.29, 0.717) is 30.8 Å². The van der Waals surface area contributed by atoms with E-state index in [9.17, 15) is 4.79 Å². The van der Waals surface area contributed by atoms with Crippen LogP contribution in [-0.4, -0.2) is 34.1 Å². The van der Waals surface area contributed by atoms with E-state index in [-0.39, 0.29) is 5.91 Å². The molecule has 38 heavy (non-hydrogen) atoms. The lowest BCUT2D eigenvalue weighted by Crippen LogP contribution is -2.25. The third-order valence-electron chi connectivity index (χ3n) is 6.26. The Hall–Kier alpha value is -3.81. The van der Waals surface area contributed by atoms with Gasteiger partial charge in [-0.05, 0) is 53.4 Å². The van der Waals surface area contributed by atoms with Crippen molar-refractivity contribution in [2.24, 2.45) is 0 Å². The molecule has 0 spiro atoms. The SMILES string of the molecule is COc1ccccc1CCNC(=O)c1ccc(Cn2c(SCc3ccccc3Cl)nc3ccncc32)cc1. The molecule has 0 unspecified atom stereocenters. The number of carbonyl (C=O) groups excluding carboxylic acids is 1. The van der Waals surface area contributed by atoms with Gasteiger partial charge in [0.25, 0.3) is 5.91 Å². The van der Waals surface area contributed by atoms with Gasteiger partial charge in [-0.2, -0.15) is 0 Å². The molecule has 6 nitrogen and oxygen atoms in total. The largest absolute Gasteiger partial charge is 0.496 e. The number of benzene rings is 3. The second-order valence-corrected chi connectivity index (χ2v) is 10.1. The zero-order chi connectivity index (χ0) is 26.3. The van der Waals surface area contributed by atoms with Crippen LogP contribution in [0.1, 0.15) is 27.0 Å². The Balaban J connectivity index is 1.26. The molecule has 0 atom stereocenters. The van der Waals surface area contributed by atoms with Crippen molar-refractivity contribution < 1.29 is 9.53 Å². The standard InChI is InChI=1S/C30H27ClN4O2S/c1-37-28-9-5-3-6-22(28)14-17-33-29(36)23-12-10-21(11-13-23)19-35-27-18-32-16-15-26(27)34-30(35)38-20-24-7-2-4-8-25(24)31/h2-13,15-16,18H,14,17,19-20H2,1H3,(H,33,36). The Morgan fingerprint density at radius 1 is 1.00 bits per heavy atom.